The number of unbranched alkanes of at least 4 members (excludes halogenated alkanes) is 2. The number of hydrogen-bond acceptors (Lipinski definition) is 7. The molecule has 0 saturated carbocycles. The molecule has 0 aromatic carbocycles. The third kappa shape index (κ3) is 8.01. The van der Waals surface area contributed by atoms with Crippen LogP contribution in [0.5, 0.6) is 5.75 Å². The first-order chi connectivity index (χ1) is 20.1. The fourth-order valence-electron chi connectivity index (χ4n) is 4.87. The molecule has 11 heteroatoms. The number of nitrogens with zero attached hydrogens (tertiary/aromatic N) is 4. The van der Waals surface area contributed by atoms with Crippen molar-refractivity contribution in [2.24, 2.45) is 4.99 Å². The van der Waals surface area contributed by atoms with Crippen LogP contribution in [0.25, 0.3) is 0 Å². The Balaban J connectivity index is 1.37. The smallest absolute Gasteiger partial charge is 0.327 e. The van der Waals surface area contributed by atoms with E-state index in [4.69, 9.17) is 19.4 Å². The zero-order valence-electron chi connectivity index (χ0n) is 23.9. The lowest BCUT2D eigenvalue weighted by molar-refractivity contribution is -0.684. The van der Waals surface area contributed by atoms with Gasteiger partial charge in [-0.05, 0) is 80.9 Å². The minimum Gasteiger partial charge on any atom is -0.481 e. The number of allylic oxidation sites excluding steroid dienone is 7. The van der Waals surface area contributed by atoms with Gasteiger partial charge in [-0.1, -0.05) is 30.4 Å². The van der Waals surface area contributed by atoms with Crippen molar-refractivity contribution < 1.29 is 32.2 Å². The summed E-state index contributed by atoms with van der Waals surface area (Å²) in [6.07, 6.45) is 19.8. The second-order valence-electron chi connectivity index (χ2n) is 10.6. The number of carbonyl (C=O) groups is 1. The number of aliphatic carboxylic acids is 1. The lowest BCUT2D eigenvalue weighted by atomic mass is 9.82. The van der Waals surface area contributed by atoms with Crippen molar-refractivity contribution in [2.45, 2.75) is 57.9 Å². The number of aliphatic imine (C=N–C) groups is 1. The summed E-state index contributed by atoms with van der Waals surface area (Å²) in [5.74, 6) is 1.57. The molecule has 2 aromatic rings. The summed E-state index contributed by atoms with van der Waals surface area (Å²) in [7, 11) is -4.04. The van der Waals surface area contributed by atoms with Gasteiger partial charge in [-0.15, -0.1) is 0 Å². The first kappa shape index (κ1) is 30.9. The fourth-order valence-corrected chi connectivity index (χ4v) is 5.36. The Morgan fingerprint density at radius 2 is 1.86 bits per heavy atom. The van der Waals surface area contributed by atoms with E-state index in [0.717, 1.165) is 30.9 Å². The summed E-state index contributed by atoms with van der Waals surface area (Å²) < 4.78 is 39.3. The van der Waals surface area contributed by atoms with Gasteiger partial charge in [0.25, 0.3) is 10.1 Å². The van der Waals surface area contributed by atoms with Gasteiger partial charge in [0.15, 0.2) is 17.3 Å². The van der Waals surface area contributed by atoms with Crippen molar-refractivity contribution in [3.63, 3.8) is 0 Å². The van der Waals surface area contributed by atoms with Crippen LogP contribution < -0.4 is 14.2 Å². The fraction of sp³-hybridized carbons (Fsp3) is 0.355. The summed E-state index contributed by atoms with van der Waals surface area (Å²) in [6.45, 7) is 5.44. The molecule has 0 saturated heterocycles. The third-order valence-electron chi connectivity index (χ3n) is 7.08. The number of ether oxygens (including phenoxy) is 1. The summed E-state index contributed by atoms with van der Waals surface area (Å²) in [5, 5.41) is 8.84. The van der Waals surface area contributed by atoms with Crippen molar-refractivity contribution in [2.75, 3.05) is 17.2 Å². The molecule has 2 N–H and O–H groups in total. The molecule has 4 heterocycles. The van der Waals surface area contributed by atoms with Gasteiger partial charge in [0, 0.05) is 19.2 Å². The minimum atomic E-state index is -4.04. The van der Waals surface area contributed by atoms with Crippen molar-refractivity contribution in [3.8, 4) is 5.75 Å². The predicted molar refractivity (Wildman–Crippen MR) is 162 cm³/mol. The monoisotopic (exact) mass is 593 g/mol. The Bertz CT molecular complexity index is 1560. The Morgan fingerprint density at radius 1 is 1.07 bits per heavy atom. The van der Waals surface area contributed by atoms with E-state index in [1.807, 2.05) is 48.7 Å². The second kappa shape index (κ2) is 13.7. The largest absolute Gasteiger partial charge is 0.481 e. The van der Waals surface area contributed by atoms with E-state index in [2.05, 4.69) is 29.5 Å². The molecule has 0 amide bonds. The van der Waals surface area contributed by atoms with Crippen LogP contribution >= 0.6 is 0 Å². The van der Waals surface area contributed by atoms with Crippen LogP contribution in [0.1, 0.15) is 51.5 Å². The molecule has 4 rings (SSSR count). The Kier molecular flexibility index (Phi) is 10.1. The van der Waals surface area contributed by atoms with Crippen molar-refractivity contribution in [1.82, 2.24) is 4.98 Å². The lowest BCUT2D eigenvalue weighted by Gasteiger charge is -2.16. The third-order valence-corrected chi connectivity index (χ3v) is 7.88. The topological polar surface area (TPSA) is 133 Å². The number of pyridine rings is 2. The van der Waals surface area contributed by atoms with Crippen molar-refractivity contribution in [1.29, 1.82) is 0 Å². The van der Waals surface area contributed by atoms with Gasteiger partial charge in [0.05, 0.1) is 29.5 Å². The average molecular weight is 594 g/mol. The molecule has 10 nitrogen and oxygen atoms in total. The number of fused-ring (bicyclic) bond motifs is 2. The number of carboxylic acid groups (broad SMARTS) is 1. The van der Waals surface area contributed by atoms with Crippen molar-refractivity contribution in [3.05, 3.63) is 90.6 Å². The maximum absolute atomic E-state index is 11.1. The maximum atomic E-state index is 11.1. The molecule has 2 aliphatic rings. The van der Waals surface area contributed by atoms with Gasteiger partial charge in [0.1, 0.15) is 0 Å². The lowest BCUT2D eigenvalue weighted by Crippen LogP contribution is -2.34. The highest BCUT2D eigenvalue weighted by molar-refractivity contribution is 7.85. The van der Waals surface area contributed by atoms with E-state index in [1.165, 1.54) is 5.56 Å². The molecule has 0 fully saturated rings. The number of rotatable bonds is 14. The van der Waals surface area contributed by atoms with E-state index in [-0.39, 0.29) is 24.0 Å². The van der Waals surface area contributed by atoms with Crippen LogP contribution in [0.4, 0.5) is 11.6 Å². The Labute approximate surface area is 246 Å². The number of aromatic nitrogens is 2. The van der Waals surface area contributed by atoms with Gasteiger partial charge in [-0.3, -0.25) is 14.2 Å². The molecule has 2 aromatic heterocycles. The van der Waals surface area contributed by atoms with Crippen LogP contribution in [0.3, 0.4) is 0 Å². The van der Waals surface area contributed by atoms with Gasteiger partial charge in [0.2, 0.25) is 5.88 Å². The molecule has 0 aliphatic carbocycles. The number of carboxylic acids is 1. The molecule has 0 bridgehead atoms. The zero-order chi connectivity index (χ0) is 30.2. The summed E-state index contributed by atoms with van der Waals surface area (Å²) in [6, 6.07) is 7.71. The van der Waals surface area contributed by atoms with Crippen LogP contribution in [0, 0.1) is 0 Å². The van der Waals surface area contributed by atoms with Gasteiger partial charge in [-0.25, -0.2) is 9.55 Å². The minimum absolute atomic E-state index is 0.204. The highest BCUT2D eigenvalue weighted by atomic mass is 32.2. The summed E-state index contributed by atoms with van der Waals surface area (Å²) in [5.41, 5.74) is 1.89. The van der Waals surface area contributed by atoms with Gasteiger partial charge >= 0.3 is 11.8 Å². The standard InChI is InChI=1S/C31H36N4O6S/c1-31(2)24-14-12-21-34(20-10-6-9-18-28(36)37)29(24)33-26(31)16-7-4-3-5-8-17-27-35(22-13-23-42(38,39)40)30-25(41-27)15-11-19-32-30/h3-5,7-8,11-12,14-17,19,21H,6,9-10,13,18,20,22-23H2,1-2H3,(H-,36,37,38,39,40)/p+1. The van der Waals surface area contributed by atoms with E-state index in [1.54, 1.807) is 29.3 Å². The molecule has 222 valence electrons. The molecular weight excluding hydrogens is 556 g/mol. The van der Waals surface area contributed by atoms with Gasteiger partial charge < -0.3 is 9.84 Å². The molecule has 2 aliphatic heterocycles. The zero-order valence-corrected chi connectivity index (χ0v) is 24.7. The molecule has 0 atom stereocenters. The first-order valence-corrected chi connectivity index (χ1v) is 15.6. The van der Waals surface area contributed by atoms with Crippen LogP contribution in [-0.4, -0.2) is 47.0 Å². The number of anilines is 1. The SMILES string of the molecule is CC1(C)C(/C=C/C=C/C=C/C=C2\Oc3cccnc3N2CCCS(=O)(=O)O)=Nc2c1ccc[n+]2CCCCCC(=O)O. The quantitative estimate of drug-likeness (QED) is 0.134. The molecule has 42 heavy (non-hydrogen) atoms. The second-order valence-corrected chi connectivity index (χ2v) is 12.2. The number of hydrogen-bond donors (Lipinski definition) is 2. The van der Waals surface area contributed by atoms with E-state index >= 15 is 0 Å². The highest BCUT2D eigenvalue weighted by Crippen LogP contribution is 2.38. The Morgan fingerprint density at radius 3 is 2.64 bits per heavy atom. The molecule has 0 radical (unpaired) electrons. The van der Waals surface area contributed by atoms with E-state index in [9.17, 15) is 13.2 Å². The first-order valence-electron chi connectivity index (χ1n) is 14.0. The van der Waals surface area contributed by atoms with Gasteiger partial charge in [-0.2, -0.15) is 8.42 Å². The van der Waals surface area contributed by atoms with E-state index < -0.39 is 16.1 Å². The summed E-state index contributed by atoms with van der Waals surface area (Å²) >= 11 is 0. The predicted octanol–water partition coefficient (Wildman–Crippen LogP) is 5.06. The Hall–Kier alpha value is -4.09. The van der Waals surface area contributed by atoms with Crippen LogP contribution in [-0.2, 0) is 26.9 Å². The van der Waals surface area contributed by atoms with Crippen molar-refractivity contribution >= 4 is 33.4 Å². The highest BCUT2D eigenvalue weighted by Gasteiger charge is 2.41. The van der Waals surface area contributed by atoms with E-state index in [0.29, 0.717) is 30.4 Å². The molecule has 0 spiro atoms. The van der Waals surface area contributed by atoms with Crippen LogP contribution in [0.2, 0.25) is 0 Å². The average Bonchev–Trinajstić information content (AvgIpc) is 3.41. The molecular formula is C31H37N4O6S+. The normalized spacial score (nSPS) is 16.9. The van der Waals surface area contributed by atoms with Crippen LogP contribution in [0.15, 0.2) is 90.1 Å². The maximum Gasteiger partial charge on any atom is 0.327 e. The molecule has 0 unspecified atom stereocenters. The summed E-state index contributed by atoms with van der Waals surface area (Å²) in [4.78, 5) is 21.8. The number of aryl methyl sites for hydroxylation is 1.